The molecular weight excluding hydrogens is 279 g/mol. The number of sulfonamides is 1. The molecule has 1 fully saturated rings. The van der Waals surface area contributed by atoms with Crippen LogP contribution >= 0.6 is 0 Å². The molecule has 1 aliphatic heterocycles. The molecule has 0 bridgehead atoms. The van der Waals surface area contributed by atoms with Crippen LogP contribution in [-0.4, -0.2) is 28.1 Å². The van der Waals surface area contributed by atoms with Crippen molar-refractivity contribution < 1.29 is 12.8 Å². The van der Waals surface area contributed by atoms with Crippen LogP contribution in [0.1, 0.15) is 24.8 Å². The lowest BCUT2D eigenvalue weighted by Gasteiger charge is -2.22. The first-order valence-electron chi connectivity index (χ1n) is 6.96. The van der Waals surface area contributed by atoms with Gasteiger partial charge in [-0.3, -0.25) is 0 Å². The molecule has 0 amide bonds. The number of piperidine rings is 1. The average Bonchev–Trinajstić information content (AvgIpc) is 2.39. The van der Waals surface area contributed by atoms with Crippen LogP contribution in [0.3, 0.4) is 0 Å². The summed E-state index contributed by atoms with van der Waals surface area (Å²) in [6.45, 7) is 3.92. The molecule has 6 heteroatoms. The summed E-state index contributed by atoms with van der Waals surface area (Å²) in [5.41, 5.74) is 0.428. The van der Waals surface area contributed by atoms with Crippen molar-refractivity contribution in [3.05, 3.63) is 29.6 Å². The van der Waals surface area contributed by atoms with E-state index in [1.807, 2.05) is 0 Å². The van der Waals surface area contributed by atoms with E-state index in [4.69, 9.17) is 0 Å². The van der Waals surface area contributed by atoms with Gasteiger partial charge >= 0.3 is 0 Å². The highest BCUT2D eigenvalue weighted by atomic mass is 32.2. The predicted molar refractivity (Wildman–Crippen MR) is 76.5 cm³/mol. The second kappa shape index (κ2) is 6.65. The summed E-state index contributed by atoms with van der Waals surface area (Å²) >= 11 is 0. The minimum Gasteiger partial charge on any atom is -0.316 e. The lowest BCUT2D eigenvalue weighted by molar-refractivity contribution is 0.358. The smallest absolute Gasteiger partial charge is 0.243 e. The van der Waals surface area contributed by atoms with Crippen LogP contribution in [0.4, 0.5) is 4.39 Å². The molecule has 2 N–H and O–H groups in total. The van der Waals surface area contributed by atoms with Gasteiger partial charge in [-0.25, -0.2) is 17.5 Å². The lowest BCUT2D eigenvalue weighted by atomic mass is 9.96. The van der Waals surface area contributed by atoms with Crippen LogP contribution in [0.25, 0.3) is 0 Å². The number of benzene rings is 1. The summed E-state index contributed by atoms with van der Waals surface area (Å²) < 4.78 is 40.5. The molecule has 20 heavy (non-hydrogen) atoms. The number of halogens is 1. The predicted octanol–water partition coefficient (Wildman–Crippen LogP) is 1.80. The van der Waals surface area contributed by atoms with E-state index < -0.39 is 15.8 Å². The molecule has 112 valence electrons. The molecule has 1 saturated heterocycles. The largest absolute Gasteiger partial charge is 0.316 e. The maximum absolute atomic E-state index is 13.7. The van der Waals surface area contributed by atoms with Crippen LogP contribution < -0.4 is 10.0 Å². The molecule has 1 unspecified atom stereocenters. The minimum absolute atomic E-state index is 0.234. The van der Waals surface area contributed by atoms with Gasteiger partial charge < -0.3 is 5.32 Å². The first-order valence-corrected chi connectivity index (χ1v) is 8.44. The highest BCUT2D eigenvalue weighted by Gasteiger charge is 2.21. The number of aryl methyl sites for hydroxylation is 1. The SMILES string of the molecule is Cc1cccc(F)c1S(=O)(=O)NCCC1CCCNC1. The van der Waals surface area contributed by atoms with Gasteiger partial charge in [-0.15, -0.1) is 0 Å². The van der Waals surface area contributed by atoms with Crippen molar-refractivity contribution in [3.8, 4) is 0 Å². The third-order valence-electron chi connectivity index (χ3n) is 3.68. The summed E-state index contributed by atoms with van der Waals surface area (Å²) in [7, 11) is -3.77. The van der Waals surface area contributed by atoms with Gasteiger partial charge in [-0.05, 0) is 56.8 Å². The number of rotatable bonds is 5. The first-order chi connectivity index (χ1) is 9.50. The van der Waals surface area contributed by atoms with E-state index in [0.717, 1.165) is 32.4 Å². The van der Waals surface area contributed by atoms with E-state index in [0.29, 0.717) is 18.0 Å². The quantitative estimate of drug-likeness (QED) is 0.872. The van der Waals surface area contributed by atoms with Crippen molar-refractivity contribution in [2.45, 2.75) is 31.1 Å². The summed E-state index contributed by atoms with van der Waals surface area (Å²) in [6, 6.07) is 4.28. The van der Waals surface area contributed by atoms with Gasteiger partial charge in [0.25, 0.3) is 0 Å². The van der Waals surface area contributed by atoms with Gasteiger partial charge in [0.15, 0.2) is 0 Å². The van der Waals surface area contributed by atoms with Crippen molar-refractivity contribution in [1.29, 1.82) is 0 Å². The zero-order valence-corrected chi connectivity index (χ0v) is 12.5. The summed E-state index contributed by atoms with van der Waals surface area (Å²) in [6.07, 6.45) is 3.02. The fraction of sp³-hybridized carbons (Fsp3) is 0.571. The van der Waals surface area contributed by atoms with Crippen LogP contribution in [0.15, 0.2) is 23.1 Å². The van der Waals surface area contributed by atoms with E-state index >= 15 is 0 Å². The van der Waals surface area contributed by atoms with Crippen LogP contribution in [0.5, 0.6) is 0 Å². The Morgan fingerprint density at radius 2 is 2.25 bits per heavy atom. The van der Waals surface area contributed by atoms with Crippen LogP contribution in [-0.2, 0) is 10.0 Å². The Morgan fingerprint density at radius 3 is 2.90 bits per heavy atom. The monoisotopic (exact) mass is 300 g/mol. The molecule has 1 aliphatic rings. The molecule has 0 radical (unpaired) electrons. The maximum atomic E-state index is 13.7. The molecule has 1 aromatic carbocycles. The molecule has 2 rings (SSSR count). The Hall–Kier alpha value is -0.980. The van der Waals surface area contributed by atoms with Gasteiger partial charge in [-0.1, -0.05) is 12.1 Å². The summed E-state index contributed by atoms with van der Waals surface area (Å²) in [4.78, 5) is -0.234. The average molecular weight is 300 g/mol. The van der Waals surface area contributed by atoms with Gasteiger partial charge in [0.05, 0.1) is 0 Å². The van der Waals surface area contributed by atoms with Crippen molar-refractivity contribution in [1.82, 2.24) is 10.0 Å². The van der Waals surface area contributed by atoms with Crippen LogP contribution in [0.2, 0.25) is 0 Å². The van der Waals surface area contributed by atoms with Crippen LogP contribution in [0, 0.1) is 18.7 Å². The van der Waals surface area contributed by atoms with Crippen molar-refractivity contribution in [2.24, 2.45) is 5.92 Å². The molecule has 0 saturated carbocycles. The van der Waals surface area contributed by atoms with Crippen molar-refractivity contribution in [2.75, 3.05) is 19.6 Å². The Balaban J connectivity index is 1.97. The molecule has 0 spiro atoms. The Kier molecular flexibility index (Phi) is 5.12. The maximum Gasteiger partial charge on any atom is 0.243 e. The zero-order valence-electron chi connectivity index (χ0n) is 11.7. The van der Waals surface area contributed by atoms with E-state index in [2.05, 4.69) is 10.0 Å². The summed E-state index contributed by atoms with van der Waals surface area (Å²) in [5, 5.41) is 3.30. The molecule has 0 aliphatic carbocycles. The van der Waals surface area contributed by atoms with Gasteiger partial charge in [-0.2, -0.15) is 0 Å². The van der Waals surface area contributed by atoms with Crippen molar-refractivity contribution in [3.63, 3.8) is 0 Å². The third kappa shape index (κ3) is 3.77. The molecule has 4 nitrogen and oxygen atoms in total. The van der Waals surface area contributed by atoms with E-state index in [9.17, 15) is 12.8 Å². The molecule has 1 aromatic rings. The fourth-order valence-electron chi connectivity index (χ4n) is 2.60. The molecular formula is C14H21FN2O2S. The highest BCUT2D eigenvalue weighted by molar-refractivity contribution is 7.89. The standard InChI is InChI=1S/C14H21FN2O2S/c1-11-4-2-6-13(15)14(11)20(18,19)17-9-7-12-5-3-8-16-10-12/h2,4,6,12,16-17H,3,5,7-10H2,1H3. The topological polar surface area (TPSA) is 58.2 Å². The van der Waals surface area contributed by atoms with Gasteiger partial charge in [0.1, 0.15) is 10.7 Å². The molecule has 1 atom stereocenters. The normalized spacial score (nSPS) is 20.0. The molecule has 1 heterocycles. The highest BCUT2D eigenvalue weighted by Crippen LogP contribution is 2.19. The number of hydrogen-bond acceptors (Lipinski definition) is 3. The van der Waals surface area contributed by atoms with E-state index in [1.54, 1.807) is 13.0 Å². The Morgan fingerprint density at radius 1 is 1.45 bits per heavy atom. The van der Waals surface area contributed by atoms with Crippen molar-refractivity contribution >= 4 is 10.0 Å². The Bertz CT molecular complexity index is 534. The second-order valence-electron chi connectivity index (χ2n) is 5.28. The second-order valence-corrected chi connectivity index (χ2v) is 6.99. The number of nitrogens with one attached hydrogen (secondary N) is 2. The lowest BCUT2D eigenvalue weighted by Crippen LogP contribution is -2.33. The van der Waals surface area contributed by atoms with Gasteiger partial charge in [0.2, 0.25) is 10.0 Å². The first kappa shape index (κ1) is 15.4. The molecule has 0 aromatic heterocycles. The Labute approximate surface area is 119 Å². The number of hydrogen-bond donors (Lipinski definition) is 2. The summed E-state index contributed by atoms with van der Waals surface area (Å²) in [5.74, 6) is -0.204. The third-order valence-corrected chi connectivity index (χ3v) is 5.31. The minimum atomic E-state index is -3.77. The zero-order chi connectivity index (χ0) is 14.6. The van der Waals surface area contributed by atoms with E-state index in [1.165, 1.54) is 12.1 Å². The van der Waals surface area contributed by atoms with E-state index in [-0.39, 0.29) is 4.90 Å². The fourth-order valence-corrected chi connectivity index (χ4v) is 3.94. The van der Waals surface area contributed by atoms with Gasteiger partial charge in [0, 0.05) is 6.54 Å².